The summed E-state index contributed by atoms with van der Waals surface area (Å²) in [4.78, 5) is 45.2. The summed E-state index contributed by atoms with van der Waals surface area (Å²) in [6.07, 6.45) is 0.647. The molecule has 1 unspecified atom stereocenters. The first-order chi connectivity index (χ1) is 16.9. The van der Waals surface area contributed by atoms with Crippen molar-refractivity contribution in [2.24, 2.45) is 5.92 Å². The molecule has 0 aliphatic rings. The second-order valence-electron chi connectivity index (χ2n) is 9.88. The number of carbonyl (C=O) groups excluding carboxylic acids is 2. The number of carbonyl (C=O) groups is 2. The van der Waals surface area contributed by atoms with Gasteiger partial charge in [-0.25, -0.2) is 9.59 Å². The van der Waals surface area contributed by atoms with E-state index in [1.807, 2.05) is 42.6 Å². The van der Waals surface area contributed by atoms with Crippen LogP contribution in [0.5, 0.6) is 0 Å². The van der Waals surface area contributed by atoms with Gasteiger partial charge in [0.15, 0.2) is 0 Å². The van der Waals surface area contributed by atoms with Gasteiger partial charge in [0.2, 0.25) is 0 Å². The van der Waals surface area contributed by atoms with E-state index in [0.717, 1.165) is 10.4 Å². The van der Waals surface area contributed by atoms with E-state index in [1.54, 1.807) is 24.3 Å². The molecule has 0 amide bonds. The molecule has 0 aliphatic heterocycles. The van der Waals surface area contributed by atoms with Crippen LogP contribution in [0.15, 0.2) is 73.1 Å². The molecule has 2 radical (unpaired) electrons. The zero-order valence-electron chi connectivity index (χ0n) is 21.8. The molecule has 1 atom stereocenters. The molecule has 36 heavy (non-hydrogen) atoms. The number of hydrogen-bond acceptors (Lipinski definition) is 6. The van der Waals surface area contributed by atoms with Gasteiger partial charge in [-0.2, -0.15) is 0 Å². The third kappa shape index (κ3) is 8.13. The second-order valence-corrected chi connectivity index (χ2v) is 18.7. The predicted octanol–water partition coefficient (Wildman–Crippen LogP) is 5.58. The van der Waals surface area contributed by atoms with Crippen molar-refractivity contribution in [3.05, 3.63) is 97.4 Å². The minimum Gasteiger partial charge on any atom is -0.289 e. The highest BCUT2D eigenvalue weighted by atomic mass is 28.3. The minimum absolute atomic E-state index is 0.0353. The van der Waals surface area contributed by atoms with Crippen LogP contribution < -0.4 is 10.4 Å². The lowest BCUT2D eigenvalue weighted by molar-refractivity contribution is -0.365. The van der Waals surface area contributed by atoms with Crippen molar-refractivity contribution in [3.8, 4) is 0 Å². The quantitative estimate of drug-likeness (QED) is 0.193. The first kappa shape index (κ1) is 29.4. The summed E-state index contributed by atoms with van der Waals surface area (Å²) in [7, 11) is -3.47. The Hall–Kier alpha value is -2.79. The molecule has 0 bridgehead atoms. The maximum atomic E-state index is 12.5. The van der Waals surface area contributed by atoms with Crippen LogP contribution >= 0.6 is 0 Å². The molecule has 2 aromatic carbocycles. The number of benzene rings is 2. The molecule has 0 spiro atoms. The van der Waals surface area contributed by atoms with Gasteiger partial charge in [0.25, 0.3) is 0 Å². The Morgan fingerprint density at radius 1 is 0.750 bits per heavy atom. The second kappa shape index (κ2) is 13.0. The van der Waals surface area contributed by atoms with Gasteiger partial charge < -0.3 is 0 Å². The summed E-state index contributed by atoms with van der Waals surface area (Å²) in [5.74, 6) is -1.36. The zero-order chi connectivity index (χ0) is 26.9. The largest absolute Gasteiger partial charge is 0.373 e. The Morgan fingerprint density at radius 3 is 1.42 bits per heavy atom. The summed E-state index contributed by atoms with van der Waals surface area (Å²) >= 11 is 0. The fourth-order valence-electron chi connectivity index (χ4n) is 3.04. The minimum atomic E-state index is -1.73. The van der Waals surface area contributed by atoms with Crippen LogP contribution in [-0.2, 0) is 19.6 Å². The first-order valence-electron chi connectivity index (χ1n) is 11.8. The van der Waals surface area contributed by atoms with Crippen LogP contribution in [-0.4, -0.2) is 28.1 Å². The van der Waals surface area contributed by atoms with E-state index >= 15 is 0 Å². The van der Waals surface area contributed by atoms with Crippen molar-refractivity contribution in [1.29, 1.82) is 0 Å². The zero-order valence-corrected chi connectivity index (χ0v) is 23.8. The van der Waals surface area contributed by atoms with Crippen LogP contribution in [0.1, 0.15) is 40.5 Å². The number of rotatable bonds is 13. The fraction of sp³-hybridized carbons (Fsp3) is 0.286. The van der Waals surface area contributed by atoms with E-state index in [1.165, 1.54) is 0 Å². The lowest BCUT2D eigenvalue weighted by Gasteiger charge is -2.18. The third-order valence-electron chi connectivity index (χ3n) is 6.18. The standard InChI is InChI=1S/C28H36O6Si2/c1-9-21(4)20-26(31-33-27(29)22-12-16-24(17-13-22)35(5,6)10-2)32-34-28(30)23-14-18-25(19-15-23)36(7,8)11-3/h10-19,21H,1-3,9,20H2,4-8H3. The molecule has 0 fully saturated rings. The molecule has 0 N–H and O–H groups in total. The van der Waals surface area contributed by atoms with Crippen LogP contribution in [0.2, 0.25) is 26.2 Å². The first-order valence-corrected chi connectivity index (χ1v) is 18.0. The lowest BCUT2D eigenvalue weighted by atomic mass is 10.1. The molecule has 192 valence electrons. The van der Waals surface area contributed by atoms with Crippen molar-refractivity contribution >= 4 is 38.5 Å². The van der Waals surface area contributed by atoms with Gasteiger partial charge in [0.05, 0.1) is 11.1 Å². The van der Waals surface area contributed by atoms with E-state index in [4.69, 9.17) is 19.6 Å². The molecule has 0 heterocycles. The van der Waals surface area contributed by atoms with E-state index < -0.39 is 28.1 Å². The molecule has 8 heteroatoms. The molecular weight excluding hydrogens is 488 g/mol. The Balaban J connectivity index is 2.00. The van der Waals surface area contributed by atoms with E-state index in [0.29, 0.717) is 17.5 Å². The maximum absolute atomic E-state index is 12.5. The Kier molecular flexibility index (Phi) is 10.6. The van der Waals surface area contributed by atoms with Crippen LogP contribution in [0.25, 0.3) is 0 Å². The summed E-state index contributed by atoms with van der Waals surface area (Å²) < 4.78 is 0. The average molecular weight is 525 g/mol. The maximum Gasteiger partial charge on any atom is 0.373 e. The smallest absolute Gasteiger partial charge is 0.289 e. The fourth-order valence-corrected chi connectivity index (χ4v) is 5.56. The SMILES string of the molecule is [CH2]CC(C)C[C](OOC(=O)c1ccc([Si](C)(C)C=C)cc1)OOC(=O)c1ccc([Si](C)(C)C=C)cc1. The van der Waals surface area contributed by atoms with E-state index in [2.05, 4.69) is 46.3 Å². The van der Waals surface area contributed by atoms with Crippen molar-refractivity contribution in [2.75, 3.05) is 0 Å². The molecule has 0 aromatic heterocycles. The van der Waals surface area contributed by atoms with E-state index in [9.17, 15) is 9.59 Å². The van der Waals surface area contributed by atoms with Gasteiger partial charge in [0.1, 0.15) is 16.1 Å². The van der Waals surface area contributed by atoms with Crippen molar-refractivity contribution < 1.29 is 29.1 Å². The van der Waals surface area contributed by atoms with Crippen LogP contribution in [0.3, 0.4) is 0 Å². The summed E-state index contributed by atoms with van der Waals surface area (Å²) in [6, 6.07) is 14.3. The summed E-state index contributed by atoms with van der Waals surface area (Å²) in [5.41, 5.74) is 4.59. The topological polar surface area (TPSA) is 71.1 Å². The summed E-state index contributed by atoms with van der Waals surface area (Å²) in [6.45, 7) is 22.2. The molecule has 6 nitrogen and oxygen atoms in total. The summed E-state index contributed by atoms with van der Waals surface area (Å²) in [5, 5.41) is 2.29. The Labute approximate surface area is 216 Å². The monoisotopic (exact) mass is 524 g/mol. The highest BCUT2D eigenvalue weighted by molar-refractivity contribution is 6.94. The van der Waals surface area contributed by atoms with Gasteiger partial charge in [-0.3, -0.25) is 9.78 Å². The Morgan fingerprint density at radius 2 is 1.11 bits per heavy atom. The van der Waals surface area contributed by atoms with Gasteiger partial charge in [-0.1, -0.05) is 92.5 Å². The van der Waals surface area contributed by atoms with Crippen molar-refractivity contribution in [3.63, 3.8) is 0 Å². The Bertz CT molecular complexity index is 965. The van der Waals surface area contributed by atoms with Crippen LogP contribution in [0, 0.1) is 19.1 Å². The highest BCUT2D eigenvalue weighted by Gasteiger charge is 2.25. The van der Waals surface area contributed by atoms with Gasteiger partial charge in [-0.15, -0.1) is 22.9 Å². The van der Waals surface area contributed by atoms with Crippen molar-refractivity contribution in [2.45, 2.75) is 46.0 Å². The van der Waals surface area contributed by atoms with E-state index in [-0.39, 0.29) is 18.6 Å². The molecule has 0 aliphatic carbocycles. The van der Waals surface area contributed by atoms with Gasteiger partial charge in [-0.05, 0) is 30.2 Å². The number of hydrogen-bond donors (Lipinski definition) is 0. The lowest BCUT2D eigenvalue weighted by Crippen LogP contribution is -2.39. The van der Waals surface area contributed by atoms with Gasteiger partial charge >= 0.3 is 18.2 Å². The third-order valence-corrected chi connectivity index (χ3v) is 11.9. The molecule has 2 rings (SSSR count). The molecular formula is C28H36O6Si2. The normalized spacial score (nSPS) is 12.6. The van der Waals surface area contributed by atoms with Crippen molar-refractivity contribution in [1.82, 2.24) is 0 Å². The average Bonchev–Trinajstić information content (AvgIpc) is 2.89. The van der Waals surface area contributed by atoms with Crippen LogP contribution in [0.4, 0.5) is 0 Å². The molecule has 0 saturated heterocycles. The molecule has 2 aromatic rings. The van der Waals surface area contributed by atoms with Gasteiger partial charge in [0, 0.05) is 6.42 Å². The molecule has 0 saturated carbocycles. The highest BCUT2D eigenvalue weighted by Crippen LogP contribution is 2.21. The predicted molar refractivity (Wildman–Crippen MR) is 148 cm³/mol.